The zero-order valence-corrected chi connectivity index (χ0v) is 74.3. The number of rotatable bonds is 64. The summed E-state index contributed by atoms with van der Waals surface area (Å²) in [6.45, 7) is 12.4. The van der Waals surface area contributed by atoms with E-state index in [2.05, 4.69) is 75.1 Å². The molecule has 0 bridgehead atoms. The minimum absolute atomic E-state index is 0.116. The molecule has 10 heteroatoms. The van der Waals surface area contributed by atoms with Crippen LogP contribution in [0.3, 0.4) is 0 Å². The Hall–Kier alpha value is -9.48. The molecule has 0 atom stereocenters. The van der Waals surface area contributed by atoms with Crippen molar-refractivity contribution in [2.75, 3.05) is 39.6 Å². The lowest BCUT2D eigenvalue weighted by Gasteiger charge is -2.14. The van der Waals surface area contributed by atoms with Crippen LogP contribution in [0.1, 0.15) is 379 Å². The molecule has 0 saturated heterocycles. The van der Waals surface area contributed by atoms with E-state index in [-0.39, 0.29) is 38.0 Å². The van der Waals surface area contributed by atoms with E-state index in [1.807, 2.05) is 158 Å². The fourth-order valence-electron chi connectivity index (χ4n) is 14.3. The molecule has 0 spiro atoms. The maximum Gasteiger partial charge on any atom is 0.306 e. The Kier molecular flexibility index (Phi) is 53.1. The predicted molar refractivity (Wildman–Crippen MR) is 497 cm³/mol. The van der Waals surface area contributed by atoms with E-state index in [4.69, 9.17) is 37.9 Å². The zero-order chi connectivity index (χ0) is 84.3. The van der Waals surface area contributed by atoms with Crippen LogP contribution in [0, 0.1) is 47.4 Å². The molecular weight excluding hydrogens is 1480 g/mol. The maximum atomic E-state index is 13.6. The molecule has 0 aliphatic rings. The Balaban J connectivity index is 1.01. The smallest absolute Gasteiger partial charge is 0.306 e. The van der Waals surface area contributed by atoms with Gasteiger partial charge in [-0.25, -0.2) is 0 Å². The van der Waals surface area contributed by atoms with Gasteiger partial charge in [0.2, 0.25) is 0 Å². The summed E-state index contributed by atoms with van der Waals surface area (Å²) in [7, 11) is 0. The summed E-state index contributed by atoms with van der Waals surface area (Å²) >= 11 is 0. The van der Waals surface area contributed by atoms with Gasteiger partial charge < -0.3 is 37.9 Å². The van der Waals surface area contributed by atoms with Gasteiger partial charge in [-0.3, -0.25) is 9.59 Å². The Morgan fingerprint density at radius 3 is 0.700 bits per heavy atom. The van der Waals surface area contributed by atoms with Gasteiger partial charge in [0, 0.05) is 70.5 Å². The van der Waals surface area contributed by atoms with Crippen molar-refractivity contribution >= 4 is 11.9 Å². The summed E-state index contributed by atoms with van der Waals surface area (Å²) in [5, 5.41) is 0. The lowest BCUT2D eigenvalue weighted by atomic mass is 10.1. The molecule has 0 N–H and O–H groups in total. The molecule has 0 radical (unpaired) electrons. The number of benzene rings is 7. The van der Waals surface area contributed by atoms with Crippen LogP contribution in [-0.4, -0.2) is 51.6 Å². The highest BCUT2D eigenvalue weighted by Crippen LogP contribution is 2.32. The predicted octanol–water partition coefficient (Wildman–Crippen LogP) is 29.1. The molecule has 7 rings (SSSR count). The Labute approximate surface area is 726 Å². The Bertz CT molecular complexity index is 3780. The van der Waals surface area contributed by atoms with Gasteiger partial charge in [-0.1, -0.05) is 343 Å². The normalized spacial score (nSPS) is 10.8. The highest BCUT2D eigenvalue weighted by molar-refractivity contribution is 5.70. The average Bonchev–Trinajstić information content (AvgIpc) is 0.822. The lowest BCUT2D eigenvalue weighted by molar-refractivity contribution is -0.146. The van der Waals surface area contributed by atoms with Crippen LogP contribution in [0.4, 0.5) is 0 Å². The molecule has 7 aromatic carbocycles. The first-order valence-corrected chi connectivity index (χ1v) is 47.2. The first kappa shape index (κ1) is 97.6. The summed E-state index contributed by atoms with van der Waals surface area (Å²) < 4.78 is 50.7. The van der Waals surface area contributed by atoms with E-state index in [1.54, 1.807) is 0 Å². The number of hydrogen-bond donors (Lipinski definition) is 0. The van der Waals surface area contributed by atoms with E-state index < -0.39 is 0 Å². The summed E-state index contributed by atoms with van der Waals surface area (Å²) in [6.07, 6.45) is 53.1. The van der Waals surface area contributed by atoms with Crippen molar-refractivity contribution in [3.8, 4) is 81.9 Å². The summed E-state index contributed by atoms with van der Waals surface area (Å²) in [5.74, 6) is 30.1. The minimum Gasteiger partial charge on any atom is -0.493 e. The fourth-order valence-corrected chi connectivity index (χ4v) is 14.3. The third-order valence-corrected chi connectivity index (χ3v) is 21.6. The Morgan fingerprint density at radius 2 is 0.442 bits per heavy atom. The third kappa shape index (κ3) is 46.4. The second-order valence-electron chi connectivity index (χ2n) is 32.4. The standard InChI is InChI=1S/C110H146O10/c1-5-9-13-17-21-25-29-33-37-49-77-113-103-83-99(84-104(89-103)114-78-50-38-34-30-26-22-18-14-10-6-2)91-119-109(111)59-47-53-81-117-107-87-102(76-74-98-71-67-96(68-72-98)64-62-94-57-45-42-46-58-94)108(88-101(107)75-73-97-69-65-95(66-70-97)63-61-93-55-43-41-44-56-93)118-82-54-48-60-110(112)120-92-100-85-105(115-79-51-39-35-31-27-23-19-15-11-7-3)90-106(86-100)116-80-52-40-36-32-28-24-20-16-12-8-4/h41-46,55-58,65-72,83-90H,5-40,47-54,59-60,77-82,91-92H2,1-4H3. The molecule has 0 aromatic heterocycles. The van der Waals surface area contributed by atoms with Crippen LogP contribution in [0.5, 0.6) is 34.5 Å². The van der Waals surface area contributed by atoms with Crippen LogP contribution in [0.15, 0.2) is 158 Å². The molecule has 0 aliphatic carbocycles. The van der Waals surface area contributed by atoms with Gasteiger partial charge in [0.15, 0.2) is 0 Å². The van der Waals surface area contributed by atoms with Gasteiger partial charge in [0.1, 0.15) is 47.7 Å². The molecule has 0 unspecified atom stereocenters. The van der Waals surface area contributed by atoms with Gasteiger partial charge >= 0.3 is 11.9 Å². The van der Waals surface area contributed by atoms with Crippen LogP contribution < -0.4 is 28.4 Å². The molecule has 0 heterocycles. The summed E-state index contributed by atoms with van der Waals surface area (Å²) in [6, 6.07) is 51.4. The van der Waals surface area contributed by atoms with E-state index in [1.165, 1.54) is 205 Å². The van der Waals surface area contributed by atoms with Crippen molar-refractivity contribution in [2.24, 2.45) is 0 Å². The topological polar surface area (TPSA) is 108 Å². The van der Waals surface area contributed by atoms with Gasteiger partial charge in [-0.05, 0) is 160 Å². The number of ether oxygens (including phenoxy) is 8. The molecule has 0 aliphatic heterocycles. The molecule has 646 valence electrons. The minimum atomic E-state index is -0.286. The van der Waals surface area contributed by atoms with E-state index >= 15 is 0 Å². The summed E-state index contributed by atoms with van der Waals surface area (Å²) in [4.78, 5) is 27.1. The molecule has 0 amide bonds. The van der Waals surface area contributed by atoms with Crippen LogP contribution in [-0.2, 0) is 32.3 Å². The SMILES string of the molecule is CCCCCCCCCCCCOc1cc(COC(=O)CCCCOc2cc(C#Cc3ccc(C#Cc4ccccc4)cc3)c(OCCCCC(=O)OCc3cc(OCCCCCCCCCCCC)cc(OCCCCCCCCCCCC)c3)cc2C#Cc2ccc(C#Cc3ccccc3)cc2)cc(OCCCCCCCCCCCC)c1. The van der Waals surface area contributed by atoms with Gasteiger partial charge in [0.05, 0.1) is 50.8 Å². The second kappa shape index (κ2) is 65.3. The molecule has 7 aromatic rings. The van der Waals surface area contributed by atoms with Crippen molar-refractivity contribution in [1.82, 2.24) is 0 Å². The van der Waals surface area contributed by atoms with Crippen LogP contribution >= 0.6 is 0 Å². The van der Waals surface area contributed by atoms with Crippen molar-refractivity contribution < 1.29 is 47.5 Å². The van der Waals surface area contributed by atoms with E-state index in [0.29, 0.717) is 88.0 Å². The lowest BCUT2D eigenvalue weighted by Crippen LogP contribution is -2.08. The third-order valence-electron chi connectivity index (χ3n) is 21.6. The maximum absolute atomic E-state index is 13.6. The molecule has 0 fully saturated rings. The number of unbranched alkanes of at least 4 members (excludes halogenated alkanes) is 38. The Morgan fingerprint density at radius 1 is 0.225 bits per heavy atom. The molecule has 10 nitrogen and oxygen atoms in total. The van der Waals surface area contributed by atoms with E-state index in [9.17, 15) is 9.59 Å². The molecular formula is C110H146O10. The highest BCUT2D eigenvalue weighted by atomic mass is 16.5. The fraction of sp³-hybridized carbons (Fsp3) is 0.527. The zero-order valence-electron chi connectivity index (χ0n) is 74.3. The first-order chi connectivity index (χ1) is 59.2. The number of carbonyl (C=O) groups excluding carboxylic acids is 2. The number of carbonyl (C=O) groups is 2. The van der Waals surface area contributed by atoms with Gasteiger partial charge in [-0.2, -0.15) is 0 Å². The number of hydrogen-bond acceptors (Lipinski definition) is 10. The van der Waals surface area contributed by atoms with Crippen molar-refractivity contribution in [2.45, 2.75) is 336 Å². The van der Waals surface area contributed by atoms with Crippen LogP contribution in [0.25, 0.3) is 0 Å². The second-order valence-corrected chi connectivity index (χ2v) is 32.4. The van der Waals surface area contributed by atoms with Crippen molar-refractivity contribution in [1.29, 1.82) is 0 Å². The van der Waals surface area contributed by atoms with Gasteiger partial charge in [0.25, 0.3) is 0 Å². The van der Waals surface area contributed by atoms with Gasteiger partial charge in [-0.15, -0.1) is 0 Å². The largest absolute Gasteiger partial charge is 0.493 e. The quantitative estimate of drug-likeness (QED) is 0.0208. The monoisotopic (exact) mass is 1630 g/mol. The first-order valence-electron chi connectivity index (χ1n) is 47.2. The highest BCUT2D eigenvalue weighted by Gasteiger charge is 2.15. The molecule has 120 heavy (non-hydrogen) atoms. The molecule has 0 saturated carbocycles. The average molecular weight is 1630 g/mol. The summed E-state index contributed by atoms with van der Waals surface area (Å²) in [5.41, 5.74) is 8.12. The van der Waals surface area contributed by atoms with Crippen LogP contribution in [0.2, 0.25) is 0 Å². The number of esters is 2. The van der Waals surface area contributed by atoms with Crippen molar-refractivity contribution in [3.63, 3.8) is 0 Å². The van der Waals surface area contributed by atoms with E-state index in [0.717, 1.165) is 119 Å². The van der Waals surface area contributed by atoms with Crippen molar-refractivity contribution in [3.05, 3.63) is 213 Å².